The van der Waals surface area contributed by atoms with Crippen LogP contribution >= 0.6 is 27.3 Å². The van der Waals surface area contributed by atoms with Crippen LogP contribution in [0.15, 0.2) is 39.5 Å². The second-order valence-electron chi connectivity index (χ2n) is 4.83. The average Bonchev–Trinajstić information content (AvgIpc) is 3.10. The van der Waals surface area contributed by atoms with E-state index in [1.54, 1.807) is 11.3 Å². The Morgan fingerprint density at radius 2 is 2.21 bits per heavy atom. The van der Waals surface area contributed by atoms with Crippen molar-refractivity contribution in [3.05, 3.63) is 50.6 Å². The fourth-order valence-electron chi connectivity index (χ4n) is 1.90. The normalized spacial score (nSPS) is 14.6. The minimum atomic E-state index is 0.640. The van der Waals surface area contributed by atoms with Gasteiger partial charge in [0.1, 0.15) is 12.4 Å². The monoisotopic (exact) mass is 337 g/mol. The summed E-state index contributed by atoms with van der Waals surface area (Å²) in [6.07, 6.45) is 2.61. The maximum atomic E-state index is 5.94. The minimum Gasteiger partial charge on any atom is -0.489 e. The molecule has 0 atom stereocenters. The van der Waals surface area contributed by atoms with Crippen molar-refractivity contribution in [3.8, 4) is 5.75 Å². The average molecular weight is 338 g/mol. The summed E-state index contributed by atoms with van der Waals surface area (Å²) in [5, 5.41) is 7.74. The fourth-order valence-corrected chi connectivity index (χ4v) is 2.97. The third kappa shape index (κ3) is 3.81. The lowest BCUT2D eigenvalue weighted by Gasteiger charge is -2.12. The van der Waals surface area contributed by atoms with Gasteiger partial charge in [-0.3, -0.25) is 0 Å². The second kappa shape index (κ2) is 6.07. The lowest BCUT2D eigenvalue weighted by atomic mass is 10.2. The molecule has 0 aliphatic heterocycles. The molecule has 2 aromatic rings. The van der Waals surface area contributed by atoms with Crippen LogP contribution in [0, 0.1) is 0 Å². The number of hydrogen-bond donors (Lipinski definition) is 1. The number of ether oxygens (including phenoxy) is 1. The maximum Gasteiger partial charge on any atom is 0.124 e. The van der Waals surface area contributed by atoms with E-state index in [2.05, 4.69) is 44.1 Å². The molecule has 0 radical (unpaired) electrons. The number of rotatable bonds is 6. The van der Waals surface area contributed by atoms with Gasteiger partial charge in [0, 0.05) is 22.6 Å². The van der Waals surface area contributed by atoms with E-state index < -0.39 is 0 Å². The molecule has 1 aromatic heterocycles. The SMILES string of the molecule is Brc1ccc(OCc2ccsc2)c(CNC2CC2)c1. The molecule has 1 aromatic carbocycles. The van der Waals surface area contributed by atoms with E-state index in [-0.39, 0.29) is 0 Å². The summed E-state index contributed by atoms with van der Waals surface area (Å²) in [5.74, 6) is 0.975. The van der Waals surface area contributed by atoms with Crippen LogP contribution in [0.1, 0.15) is 24.0 Å². The highest BCUT2D eigenvalue weighted by Gasteiger charge is 2.20. The number of hydrogen-bond acceptors (Lipinski definition) is 3. The second-order valence-corrected chi connectivity index (χ2v) is 6.52. The quantitative estimate of drug-likeness (QED) is 0.846. The summed E-state index contributed by atoms with van der Waals surface area (Å²) in [4.78, 5) is 0. The number of benzene rings is 1. The first-order valence-corrected chi connectivity index (χ1v) is 8.20. The molecule has 19 heavy (non-hydrogen) atoms. The molecule has 1 fully saturated rings. The van der Waals surface area contributed by atoms with Crippen LogP contribution < -0.4 is 10.1 Å². The van der Waals surface area contributed by atoms with Crippen molar-refractivity contribution in [3.63, 3.8) is 0 Å². The van der Waals surface area contributed by atoms with Crippen LogP contribution in [-0.2, 0) is 13.2 Å². The van der Waals surface area contributed by atoms with Crippen molar-refractivity contribution in [2.45, 2.75) is 32.0 Å². The van der Waals surface area contributed by atoms with Gasteiger partial charge in [0.15, 0.2) is 0 Å². The number of halogens is 1. The van der Waals surface area contributed by atoms with Crippen molar-refractivity contribution in [1.82, 2.24) is 5.32 Å². The zero-order valence-corrected chi connectivity index (χ0v) is 13.0. The lowest BCUT2D eigenvalue weighted by molar-refractivity contribution is 0.302. The van der Waals surface area contributed by atoms with Crippen LogP contribution in [0.4, 0.5) is 0 Å². The first-order valence-electron chi connectivity index (χ1n) is 6.47. The number of nitrogens with one attached hydrogen (secondary N) is 1. The standard InChI is InChI=1S/C15H16BrNOS/c16-13-1-4-15(18-9-11-5-6-19-10-11)12(7-13)8-17-14-2-3-14/h1,4-7,10,14,17H,2-3,8-9H2. The molecule has 1 heterocycles. The predicted molar refractivity (Wildman–Crippen MR) is 82.7 cm³/mol. The Balaban J connectivity index is 1.67. The van der Waals surface area contributed by atoms with Gasteiger partial charge in [0.2, 0.25) is 0 Å². The molecule has 3 rings (SSSR count). The Labute approximate surface area is 125 Å². The van der Waals surface area contributed by atoms with Crippen LogP contribution in [0.2, 0.25) is 0 Å². The van der Waals surface area contributed by atoms with E-state index in [0.717, 1.165) is 16.8 Å². The van der Waals surface area contributed by atoms with Gasteiger partial charge < -0.3 is 10.1 Å². The highest BCUT2D eigenvalue weighted by Crippen LogP contribution is 2.26. The summed E-state index contributed by atoms with van der Waals surface area (Å²) in [5.41, 5.74) is 2.45. The molecule has 0 amide bonds. The largest absolute Gasteiger partial charge is 0.489 e. The van der Waals surface area contributed by atoms with E-state index in [1.807, 2.05) is 12.1 Å². The Bertz CT molecular complexity index is 537. The van der Waals surface area contributed by atoms with E-state index >= 15 is 0 Å². The summed E-state index contributed by atoms with van der Waals surface area (Å²) < 4.78 is 7.04. The van der Waals surface area contributed by atoms with Gasteiger partial charge in [0.05, 0.1) is 0 Å². The van der Waals surface area contributed by atoms with Gasteiger partial charge in [0.25, 0.3) is 0 Å². The molecule has 1 aliphatic rings. The molecule has 2 nitrogen and oxygen atoms in total. The predicted octanol–water partition coefficient (Wildman–Crippen LogP) is 4.34. The summed E-state index contributed by atoms with van der Waals surface area (Å²) >= 11 is 5.23. The summed E-state index contributed by atoms with van der Waals surface area (Å²) in [6.45, 7) is 1.52. The molecule has 1 saturated carbocycles. The zero-order chi connectivity index (χ0) is 13.1. The maximum absolute atomic E-state index is 5.94. The van der Waals surface area contributed by atoms with E-state index in [4.69, 9.17) is 4.74 Å². The molecular formula is C15H16BrNOS. The Kier molecular flexibility index (Phi) is 4.21. The van der Waals surface area contributed by atoms with Crippen molar-refractivity contribution in [2.24, 2.45) is 0 Å². The van der Waals surface area contributed by atoms with Crippen molar-refractivity contribution >= 4 is 27.3 Å². The van der Waals surface area contributed by atoms with Crippen LogP contribution in [-0.4, -0.2) is 6.04 Å². The van der Waals surface area contributed by atoms with Crippen LogP contribution in [0.3, 0.4) is 0 Å². The summed E-state index contributed by atoms with van der Waals surface area (Å²) in [6, 6.07) is 9.03. The molecule has 1 aliphatic carbocycles. The molecule has 4 heteroatoms. The van der Waals surface area contributed by atoms with Gasteiger partial charge in [-0.1, -0.05) is 15.9 Å². The smallest absolute Gasteiger partial charge is 0.124 e. The molecule has 100 valence electrons. The van der Waals surface area contributed by atoms with Crippen molar-refractivity contribution in [2.75, 3.05) is 0 Å². The highest BCUT2D eigenvalue weighted by atomic mass is 79.9. The molecule has 0 spiro atoms. The van der Waals surface area contributed by atoms with Crippen molar-refractivity contribution < 1.29 is 4.74 Å². The molecule has 0 bridgehead atoms. The van der Waals surface area contributed by atoms with Gasteiger partial charge in [-0.05, 0) is 53.4 Å². The molecule has 1 N–H and O–H groups in total. The summed E-state index contributed by atoms with van der Waals surface area (Å²) in [7, 11) is 0. The van der Waals surface area contributed by atoms with Crippen LogP contribution in [0.5, 0.6) is 5.75 Å². The lowest BCUT2D eigenvalue weighted by Crippen LogP contribution is -2.16. The first kappa shape index (κ1) is 13.2. The highest BCUT2D eigenvalue weighted by molar-refractivity contribution is 9.10. The molecular weight excluding hydrogens is 322 g/mol. The van der Waals surface area contributed by atoms with Gasteiger partial charge in [-0.2, -0.15) is 11.3 Å². The van der Waals surface area contributed by atoms with Gasteiger partial charge in [-0.15, -0.1) is 0 Å². The van der Waals surface area contributed by atoms with E-state index in [9.17, 15) is 0 Å². The Hall–Kier alpha value is -0.840. The topological polar surface area (TPSA) is 21.3 Å². The van der Waals surface area contributed by atoms with E-state index in [1.165, 1.54) is 24.0 Å². The third-order valence-corrected chi connectivity index (χ3v) is 4.38. The van der Waals surface area contributed by atoms with E-state index in [0.29, 0.717) is 12.6 Å². The number of thiophene rings is 1. The van der Waals surface area contributed by atoms with Gasteiger partial charge in [-0.25, -0.2) is 0 Å². The van der Waals surface area contributed by atoms with Gasteiger partial charge >= 0.3 is 0 Å². The molecule has 0 unspecified atom stereocenters. The molecule has 0 saturated heterocycles. The zero-order valence-electron chi connectivity index (χ0n) is 10.6. The fraction of sp³-hybridized carbons (Fsp3) is 0.333. The van der Waals surface area contributed by atoms with Crippen LogP contribution in [0.25, 0.3) is 0 Å². The third-order valence-electron chi connectivity index (χ3n) is 3.16. The first-order chi connectivity index (χ1) is 9.31. The Morgan fingerprint density at radius 3 is 2.95 bits per heavy atom. The minimum absolute atomic E-state index is 0.640. The Morgan fingerprint density at radius 1 is 1.32 bits per heavy atom. The van der Waals surface area contributed by atoms with Crippen molar-refractivity contribution in [1.29, 1.82) is 0 Å².